The molecule has 0 aliphatic carbocycles. The van der Waals surface area contributed by atoms with Gasteiger partial charge in [-0.1, -0.05) is 35.9 Å². The van der Waals surface area contributed by atoms with Gasteiger partial charge in [0.15, 0.2) is 16.7 Å². The van der Waals surface area contributed by atoms with Gasteiger partial charge in [0.1, 0.15) is 6.61 Å². The van der Waals surface area contributed by atoms with Gasteiger partial charge in [-0.05, 0) is 78.7 Å². The molecule has 0 saturated carbocycles. The van der Waals surface area contributed by atoms with Crippen LogP contribution in [0.4, 0.5) is 18.9 Å². The highest BCUT2D eigenvalue weighted by Gasteiger charge is 2.30. The van der Waals surface area contributed by atoms with E-state index < -0.39 is 11.7 Å². The third-order valence-electron chi connectivity index (χ3n) is 5.36. The van der Waals surface area contributed by atoms with Crippen molar-refractivity contribution in [2.24, 2.45) is 4.99 Å². The molecule has 0 bridgehead atoms. The molecule has 9 heteroatoms. The molecule has 0 aromatic heterocycles. The number of benzene rings is 3. The number of thioether (sulfide) groups is 1. The number of amidine groups is 1. The van der Waals surface area contributed by atoms with Crippen LogP contribution in [0.5, 0.6) is 11.5 Å². The van der Waals surface area contributed by atoms with Crippen molar-refractivity contribution in [1.82, 2.24) is 5.32 Å². The monoisotopic (exact) mass is 512 g/mol. The fraction of sp³-hybridized carbons (Fsp3) is 0.185. The Hall–Kier alpha value is -3.72. The number of halogens is 3. The van der Waals surface area contributed by atoms with Crippen LogP contribution in [0.1, 0.15) is 27.8 Å². The number of aliphatic imine (C=N–C) groups is 1. The molecule has 36 heavy (non-hydrogen) atoms. The van der Waals surface area contributed by atoms with E-state index in [1.165, 1.54) is 24.9 Å². The Balaban J connectivity index is 1.48. The van der Waals surface area contributed by atoms with E-state index >= 15 is 0 Å². The Labute approximate surface area is 211 Å². The van der Waals surface area contributed by atoms with Gasteiger partial charge in [0.25, 0.3) is 5.91 Å². The normalized spacial score (nSPS) is 15.9. The predicted molar refractivity (Wildman–Crippen MR) is 135 cm³/mol. The molecule has 1 amide bonds. The van der Waals surface area contributed by atoms with E-state index in [1.54, 1.807) is 30.3 Å². The fourth-order valence-corrected chi connectivity index (χ4v) is 4.40. The molecule has 5 nitrogen and oxygen atoms in total. The summed E-state index contributed by atoms with van der Waals surface area (Å²) in [6, 6.07) is 16.0. The van der Waals surface area contributed by atoms with Crippen molar-refractivity contribution < 1.29 is 27.4 Å². The van der Waals surface area contributed by atoms with Crippen molar-refractivity contribution >= 4 is 34.6 Å². The number of nitrogens with zero attached hydrogens (tertiary/aromatic N) is 1. The van der Waals surface area contributed by atoms with E-state index in [1.807, 2.05) is 32.0 Å². The first-order chi connectivity index (χ1) is 17.1. The quantitative estimate of drug-likeness (QED) is 0.369. The number of carbonyl (C=O) groups is 1. The Bertz CT molecular complexity index is 1370. The van der Waals surface area contributed by atoms with Gasteiger partial charge >= 0.3 is 6.18 Å². The minimum absolute atomic E-state index is 0.0583. The summed E-state index contributed by atoms with van der Waals surface area (Å²) in [7, 11) is 1.47. The average molecular weight is 513 g/mol. The predicted octanol–water partition coefficient (Wildman–Crippen LogP) is 6.80. The number of carbonyl (C=O) groups excluding carboxylic acids is 1. The Kier molecular flexibility index (Phi) is 7.40. The number of hydrogen-bond donors (Lipinski definition) is 1. The first-order valence-corrected chi connectivity index (χ1v) is 11.8. The molecule has 1 aliphatic heterocycles. The van der Waals surface area contributed by atoms with Gasteiger partial charge in [-0.15, -0.1) is 0 Å². The smallest absolute Gasteiger partial charge is 0.416 e. The maximum absolute atomic E-state index is 13.0. The number of methoxy groups -OCH3 is 1. The number of nitrogens with one attached hydrogen (secondary N) is 1. The second-order valence-electron chi connectivity index (χ2n) is 8.17. The molecule has 1 aliphatic rings. The highest BCUT2D eigenvalue weighted by atomic mass is 32.2. The van der Waals surface area contributed by atoms with E-state index in [4.69, 9.17) is 9.47 Å². The van der Waals surface area contributed by atoms with Crippen molar-refractivity contribution in [1.29, 1.82) is 0 Å². The number of rotatable bonds is 6. The molecule has 0 radical (unpaired) electrons. The topological polar surface area (TPSA) is 59.9 Å². The summed E-state index contributed by atoms with van der Waals surface area (Å²) in [5, 5.41) is 3.27. The lowest BCUT2D eigenvalue weighted by Crippen LogP contribution is -2.19. The van der Waals surface area contributed by atoms with Crippen LogP contribution in [0.25, 0.3) is 6.08 Å². The average Bonchev–Trinajstić information content (AvgIpc) is 3.18. The van der Waals surface area contributed by atoms with Gasteiger partial charge in [-0.2, -0.15) is 13.2 Å². The molecule has 3 aromatic carbocycles. The van der Waals surface area contributed by atoms with Gasteiger partial charge in [0.05, 0.1) is 23.3 Å². The molecule has 1 fully saturated rings. The summed E-state index contributed by atoms with van der Waals surface area (Å²) in [6.07, 6.45) is -2.71. The van der Waals surface area contributed by atoms with Crippen molar-refractivity contribution in [2.75, 3.05) is 7.11 Å². The minimum atomic E-state index is -4.42. The molecule has 0 atom stereocenters. The summed E-state index contributed by atoms with van der Waals surface area (Å²) in [5.74, 6) is 0.508. The van der Waals surface area contributed by atoms with Crippen molar-refractivity contribution in [3.05, 3.63) is 93.4 Å². The van der Waals surface area contributed by atoms with Crippen LogP contribution in [0.15, 0.2) is 70.6 Å². The molecular weight excluding hydrogens is 489 g/mol. The van der Waals surface area contributed by atoms with Crippen LogP contribution in [0.3, 0.4) is 0 Å². The highest BCUT2D eigenvalue weighted by molar-refractivity contribution is 8.18. The number of amides is 1. The van der Waals surface area contributed by atoms with Crippen LogP contribution < -0.4 is 14.8 Å². The molecule has 1 saturated heterocycles. The number of hydrogen-bond acceptors (Lipinski definition) is 5. The zero-order valence-electron chi connectivity index (χ0n) is 19.8. The molecule has 1 heterocycles. The third kappa shape index (κ3) is 6.09. The van der Waals surface area contributed by atoms with Gasteiger partial charge in [-0.3, -0.25) is 4.79 Å². The van der Waals surface area contributed by atoms with E-state index in [9.17, 15) is 18.0 Å². The lowest BCUT2D eigenvalue weighted by Gasteiger charge is -2.13. The summed E-state index contributed by atoms with van der Waals surface area (Å²) in [5.41, 5.74) is 3.28. The molecule has 186 valence electrons. The summed E-state index contributed by atoms with van der Waals surface area (Å²) < 4.78 is 50.0. The van der Waals surface area contributed by atoms with Crippen LogP contribution in [0.2, 0.25) is 0 Å². The number of aryl methyl sites for hydroxylation is 2. The zero-order valence-corrected chi connectivity index (χ0v) is 20.6. The van der Waals surface area contributed by atoms with Gasteiger partial charge in [0.2, 0.25) is 0 Å². The second-order valence-corrected chi connectivity index (χ2v) is 9.20. The van der Waals surface area contributed by atoms with Crippen LogP contribution in [-0.2, 0) is 17.6 Å². The third-order valence-corrected chi connectivity index (χ3v) is 6.27. The van der Waals surface area contributed by atoms with Gasteiger partial charge < -0.3 is 14.8 Å². The molecular formula is C27H23F3N2O3S. The summed E-state index contributed by atoms with van der Waals surface area (Å²) in [6.45, 7) is 3.91. The van der Waals surface area contributed by atoms with E-state index in [0.717, 1.165) is 28.9 Å². The standard InChI is InChI=1S/C27H23F3N2O3S/c1-16-7-9-21(17(2)11-16)31-26-32-25(33)24(36-26)14-18-8-10-22(23(13-18)34-3)35-15-19-5-4-6-20(12-19)27(28,29)30/h4-14H,15H2,1-3H3,(H,31,32,33)/b24-14-. The van der Waals surface area contributed by atoms with Crippen molar-refractivity contribution in [3.8, 4) is 11.5 Å². The number of ether oxygens (including phenoxy) is 2. The van der Waals surface area contributed by atoms with E-state index in [2.05, 4.69) is 10.3 Å². The lowest BCUT2D eigenvalue weighted by atomic mass is 10.1. The summed E-state index contributed by atoms with van der Waals surface area (Å²) in [4.78, 5) is 17.5. The lowest BCUT2D eigenvalue weighted by molar-refractivity contribution is -0.137. The van der Waals surface area contributed by atoms with E-state index in [0.29, 0.717) is 32.7 Å². The molecule has 4 rings (SSSR count). The maximum Gasteiger partial charge on any atom is 0.416 e. The Morgan fingerprint density at radius 2 is 1.83 bits per heavy atom. The second kappa shape index (κ2) is 10.5. The van der Waals surface area contributed by atoms with Gasteiger partial charge in [-0.25, -0.2) is 4.99 Å². The fourth-order valence-electron chi connectivity index (χ4n) is 3.56. The van der Waals surface area contributed by atoms with Crippen molar-refractivity contribution in [3.63, 3.8) is 0 Å². The first kappa shape index (κ1) is 25.4. The SMILES string of the molecule is COc1cc(/C=C2\SC(=Nc3ccc(C)cc3C)NC2=O)ccc1OCc1cccc(C(F)(F)F)c1. The van der Waals surface area contributed by atoms with Crippen LogP contribution >= 0.6 is 11.8 Å². The molecule has 1 N–H and O–H groups in total. The van der Waals surface area contributed by atoms with Crippen molar-refractivity contribution in [2.45, 2.75) is 26.6 Å². The van der Waals surface area contributed by atoms with E-state index in [-0.39, 0.29) is 12.5 Å². The largest absolute Gasteiger partial charge is 0.493 e. The Morgan fingerprint density at radius 1 is 1.03 bits per heavy atom. The highest BCUT2D eigenvalue weighted by Crippen LogP contribution is 2.34. The molecule has 0 unspecified atom stereocenters. The van der Waals surface area contributed by atoms with Gasteiger partial charge in [0, 0.05) is 0 Å². The Morgan fingerprint density at radius 3 is 2.56 bits per heavy atom. The minimum Gasteiger partial charge on any atom is -0.493 e. The molecule has 3 aromatic rings. The summed E-state index contributed by atoms with van der Waals surface area (Å²) >= 11 is 1.24. The first-order valence-electron chi connectivity index (χ1n) is 11.0. The van der Waals surface area contributed by atoms with Crippen LogP contribution in [-0.4, -0.2) is 18.2 Å². The number of alkyl halides is 3. The molecule has 0 spiro atoms. The maximum atomic E-state index is 13.0. The van der Waals surface area contributed by atoms with Crippen LogP contribution in [0, 0.1) is 13.8 Å². The zero-order chi connectivity index (χ0) is 25.9.